The molecule has 2 fully saturated rings. The van der Waals surface area contributed by atoms with Gasteiger partial charge in [-0.1, -0.05) is 12.8 Å². The molecule has 1 unspecified atom stereocenters. The van der Waals surface area contributed by atoms with E-state index < -0.39 is 9.84 Å². The number of nitrogens with zero attached hydrogens (tertiary/aromatic N) is 3. The first-order valence-corrected chi connectivity index (χ1v) is 10.3. The van der Waals surface area contributed by atoms with E-state index in [9.17, 15) is 13.2 Å². The summed E-state index contributed by atoms with van der Waals surface area (Å²) < 4.78 is 23.3. The van der Waals surface area contributed by atoms with Crippen LogP contribution in [0, 0.1) is 6.92 Å². The van der Waals surface area contributed by atoms with Crippen LogP contribution in [-0.4, -0.2) is 59.8 Å². The van der Waals surface area contributed by atoms with Gasteiger partial charge in [0.15, 0.2) is 9.84 Å². The van der Waals surface area contributed by atoms with E-state index >= 15 is 0 Å². The minimum atomic E-state index is -3.03. The van der Waals surface area contributed by atoms with Gasteiger partial charge in [-0.25, -0.2) is 18.4 Å². The van der Waals surface area contributed by atoms with Crippen LogP contribution < -0.4 is 5.32 Å². The fourth-order valence-corrected chi connectivity index (χ4v) is 5.20. The van der Waals surface area contributed by atoms with E-state index in [0.717, 1.165) is 18.5 Å². The molecule has 1 amide bonds. The molecule has 1 saturated carbocycles. The summed E-state index contributed by atoms with van der Waals surface area (Å²) >= 11 is 0. The lowest BCUT2D eigenvalue weighted by Gasteiger charge is -2.23. The number of amides is 1. The van der Waals surface area contributed by atoms with Crippen molar-refractivity contribution in [3.8, 4) is 0 Å². The molecule has 1 atom stereocenters. The highest BCUT2D eigenvalue weighted by Crippen LogP contribution is 2.22. The summed E-state index contributed by atoms with van der Waals surface area (Å²) in [4.78, 5) is 22.9. The van der Waals surface area contributed by atoms with E-state index in [1.54, 1.807) is 13.1 Å². The highest BCUT2D eigenvalue weighted by atomic mass is 32.2. The van der Waals surface area contributed by atoms with E-state index in [-0.39, 0.29) is 23.5 Å². The van der Waals surface area contributed by atoms with Crippen LogP contribution in [0.25, 0.3) is 0 Å². The lowest BCUT2D eigenvalue weighted by molar-refractivity contribution is 0.0741. The van der Waals surface area contributed by atoms with Crippen molar-refractivity contribution in [2.24, 2.45) is 0 Å². The summed E-state index contributed by atoms with van der Waals surface area (Å²) in [7, 11) is -1.38. The van der Waals surface area contributed by atoms with Gasteiger partial charge in [-0.2, -0.15) is 0 Å². The molecule has 1 aliphatic heterocycles. The molecular weight excluding hydrogens is 328 g/mol. The van der Waals surface area contributed by atoms with Crippen molar-refractivity contribution in [3.63, 3.8) is 0 Å². The van der Waals surface area contributed by atoms with E-state index in [0.29, 0.717) is 24.1 Å². The Morgan fingerprint density at radius 2 is 1.96 bits per heavy atom. The van der Waals surface area contributed by atoms with E-state index in [2.05, 4.69) is 15.3 Å². The van der Waals surface area contributed by atoms with Crippen molar-refractivity contribution in [2.45, 2.75) is 51.1 Å². The summed E-state index contributed by atoms with van der Waals surface area (Å²) in [6, 6.07) is 1.75. The van der Waals surface area contributed by atoms with Gasteiger partial charge in [-0.3, -0.25) is 4.79 Å². The van der Waals surface area contributed by atoms with Gasteiger partial charge in [0, 0.05) is 24.8 Å². The number of nitrogens with one attached hydrogen (secondary N) is 1. The second-order valence-corrected chi connectivity index (χ2v) is 9.05. The Balaban J connectivity index is 1.75. The van der Waals surface area contributed by atoms with Crippen molar-refractivity contribution in [2.75, 3.05) is 23.9 Å². The number of hydrogen-bond acceptors (Lipinski definition) is 6. The van der Waals surface area contributed by atoms with Crippen LogP contribution in [-0.2, 0) is 9.84 Å². The lowest BCUT2D eigenvalue weighted by Crippen LogP contribution is -2.38. The third kappa shape index (κ3) is 3.85. The van der Waals surface area contributed by atoms with Crippen LogP contribution in [0.3, 0.4) is 0 Å². The van der Waals surface area contributed by atoms with Gasteiger partial charge >= 0.3 is 0 Å². The fraction of sp³-hybridized carbons (Fsp3) is 0.688. The van der Waals surface area contributed by atoms with Gasteiger partial charge < -0.3 is 10.2 Å². The van der Waals surface area contributed by atoms with Crippen LogP contribution in [0.2, 0.25) is 0 Å². The molecule has 2 aliphatic rings. The number of carbonyl (C=O) groups excluding carboxylic acids is 1. The molecule has 1 aromatic heterocycles. The Kier molecular flexibility index (Phi) is 4.76. The average molecular weight is 352 g/mol. The van der Waals surface area contributed by atoms with Gasteiger partial charge in [0.2, 0.25) is 5.95 Å². The topological polar surface area (TPSA) is 92.3 Å². The number of aromatic nitrogens is 2. The first-order valence-electron chi connectivity index (χ1n) is 8.44. The van der Waals surface area contributed by atoms with E-state index in [4.69, 9.17) is 0 Å². The Hall–Kier alpha value is -1.70. The molecular formula is C16H24N4O3S. The Bertz CT molecular complexity index is 729. The van der Waals surface area contributed by atoms with Crippen molar-refractivity contribution in [3.05, 3.63) is 17.5 Å². The zero-order chi connectivity index (χ0) is 17.3. The Morgan fingerprint density at radius 3 is 2.58 bits per heavy atom. The predicted molar refractivity (Wildman–Crippen MR) is 91.8 cm³/mol. The first kappa shape index (κ1) is 17.1. The number of sulfone groups is 1. The molecule has 1 saturated heterocycles. The van der Waals surface area contributed by atoms with Crippen LogP contribution in [0.15, 0.2) is 6.07 Å². The van der Waals surface area contributed by atoms with Gasteiger partial charge in [-0.05, 0) is 32.3 Å². The van der Waals surface area contributed by atoms with Crippen LogP contribution >= 0.6 is 0 Å². The predicted octanol–water partition coefficient (Wildman–Crippen LogP) is 1.40. The molecule has 2 heterocycles. The standard InChI is InChI=1S/C16H24N4O3S/c1-11-9-14(19-16(17-11)18-12-5-3-4-6-12)15(21)20(2)13-7-8-24(22,23)10-13/h9,12-13H,3-8,10H2,1-2H3,(H,17,18,19). The molecule has 0 radical (unpaired) electrons. The van der Waals surface area contributed by atoms with Crippen LogP contribution in [0.5, 0.6) is 0 Å². The van der Waals surface area contributed by atoms with Crippen LogP contribution in [0.4, 0.5) is 5.95 Å². The molecule has 3 rings (SSSR count). The molecule has 1 aliphatic carbocycles. The Labute approximate surface area is 142 Å². The highest BCUT2D eigenvalue weighted by molar-refractivity contribution is 7.91. The Morgan fingerprint density at radius 1 is 1.25 bits per heavy atom. The number of hydrogen-bond donors (Lipinski definition) is 1. The molecule has 8 heteroatoms. The highest BCUT2D eigenvalue weighted by Gasteiger charge is 2.33. The summed E-state index contributed by atoms with van der Waals surface area (Å²) in [6.45, 7) is 1.83. The molecule has 0 bridgehead atoms. The fourth-order valence-electron chi connectivity index (χ4n) is 3.42. The maximum Gasteiger partial charge on any atom is 0.272 e. The summed E-state index contributed by atoms with van der Waals surface area (Å²) in [5.74, 6) is 0.411. The zero-order valence-corrected chi connectivity index (χ0v) is 15.0. The molecule has 0 aromatic carbocycles. The molecule has 0 spiro atoms. The maximum atomic E-state index is 12.7. The monoisotopic (exact) mass is 352 g/mol. The van der Waals surface area contributed by atoms with Gasteiger partial charge in [-0.15, -0.1) is 0 Å². The van der Waals surface area contributed by atoms with Gasteiger partial charge in [0.05, 0.1) is 11.5 Å². The van der Waals surface area contributed by atoms with Crippen LogP contribution in [0.1, 0.15) is 48.3 Å². The average Bonchev–Trinajstić information content (AvgIpc) is 3.14. The normalized spacial score (nSPS) is 23.3. The summed E-state index contributed by atoms with van der Waals surface area (Å²) in [6.07, 6.45) is 5.09. The first-order chi connectivity index (χ1) is 11.3. The smallest absolute Gasteiger partial charge is 0.272 e. The molecule has 1 aromatic rings. The zero-order valence-electron chi connectivity index (χ0n) is 14.2. The summed E-state index contributed by atoms with van der Waals surface area (Å²) in [5, 5.41) is 3.31. The van der Waals surface area contributed by atoms with Gasteiger partial charge in [0.25, 0.3) is 5.91 Å². The lowest BCUT2D eigenvalue weighted by atomic mass is 10.2. The second-order valence-electron chi connectivity index (χ2n) is 6.82. The van der Waals surface area contributed by atoms with Crippen molar-refractivity contribution in [1.29, 1.82) is 0 Å². The third-order valence-electron chi connectivity index (χ3n) is 4.84. The van der Waals surface area contributed by atoms with Crippen molar-refractivity contribution >= 4 is 21.7 Å². The van der Waals surface area contributed by atoms with Crippen molar-refractivity contribution < 1.29 is 13.2 Å². The number of rotatable bonds is 4. The number of carbonyl (C=O) groups is 1. The van der Waals surface area contributed by atoms with E-state index in [1.165, 1.54) is 17.7 Å². The number of anilines is 1. The minimum Gasteiger partial charge on any atom is -0.351 e. The SMILES string of the molecule is Cc1cc(C(=O)N(C)C2CCS(=O)(=O)C2)nc(NC2CCCC2)n1. The van der Waals surface area contributed by atoms with Gasteiger partial charge in [0.1, 0.15) is 5.69 Å². The summed E-state index contributed by atoms with van der Waals surface area (Å²) in [5.41, 5.74) is 1.04. The third-order valence-corrected chi connectivity index (χ3v) is 6.59. The van der Waals surface area contributed by atoms with E-state index in [1.807, 2.05) is 6.92 Å². The van der Waals surface area contributed by atoms with Crippen molar-refractivity contribution in [1.82, 2.24) is 14.9 Å². The quantitative estimate of drug-likeness (QED) is 0.880. The maximum absolute atomic E-state index is 12.7. The molecule has 1 N–H and O–H groups in total. The second kappa shape index (κ2) is 6.66. The molecule has 7 nitrogen and oxygen atoms in total. The molecule has 132 valence electrons. The minimum absolute atomic E-state index is 0.0342. The number of aryl methyl sites for hydroxylation is 1. The molecule has 24 heavy (non-hydrogen) atoms. The largest absolute Gasteiger partial charge is 0.351 e.